The molecule has 1 unspecified atom stereocenters. The lowest BCUT2D eigenvalue weighted by Gasteiger charge is -2.31. The molecule has 5 nitrogen and oxygen atoms in total. The van der Waals surface area contributed by atoms with Gasteiger partial charge in [0.15, 0.2) is 0 Å². The first kappa shape index (κ1) is 21.0. The molecule has 1 aliphatic heterocycles. The largest absolute Gasteiger partial charge is 0.463 e. The molecule has 0 fully saturated rings. The Morgan fingerprint density at radius 3 is 2.42 bits per heavy atom. The van der Waals surface area contributed by atoms with E-state index in [1.54, 1.807) is 11.8 Å². The molecule has 0 spiro atoms. The molecule has 0 aromatic carbocycles. The van der Waals surface area contributed by atoms with Crippen molar-refractivity contribution in [2.45, 2.75) is 76.9 Å². The second kappa shape index (κ2) is 12.4. The van der Waals surface area contributed by atoms with Gasteiger partial charge in [-0.25, -0.2) is 0 Å². The summed E-state index contributed by atoms with van der Waals surface area (Å²) in [6.07, 6.45) is 10.4. The van der Waals surface area contributed by atoms with Crippen LogP contribution in [0.4, 0.5) is 0 Å². The summed E-state index contributed by atoms with van der Waals surface area (Å²) in [5.74, 6) is 0.282. The topological polar surface area (TPSA) is 61.8 Å². The van der Waals surface area contributed by atoms with Crippen LogP contribution in [0, 0.1) is 0 Å². The molecule has 0 amide bonds. The lowest BCUT2D eigenvalue weighted by molar-refractivity contribution is -0.160. The summed E-state index contributed by atoms with van der Waals surface area (Å²) in [5, 5.41) is 0. The fourth-order valence-corrected chi connectivity index (χ4v) is 3.46. The number of unbranched alkanes of at least 4 members (excludes halogenated alkanes) is 5. The summed E-state index contributed by atoms with van der Waals surface area (Å²) < 4.78 is 16.2. The first-order valence-electron chi connectivity index (χ1n) is 8.79. The van der Waals surface area contributed by atoms with E-state index in [0.29, 0.717) is 0 Å². The van der Waals surface area contributed by atoms with Crippen molar-refractivity contribution in [2.24, 2.45) is 0 Å². The van der Waals surface area contributed by atoms with Gasteiger partial charge < -0.3 is 14.2 Å². The molecular formula is C18H30O5S. The number of rotatable bonds is 11. The van der Waals surface area contributed by atoms with Crippen LogP contribution < -0.4 is 0 Å². The van der Waals surface area contributed by atoms with Crippen LogP contribution in [0.25, 0.3) is 0 Å². The fraction of sp³-hybridized carbons (Fsp3) is 0.778. The number of hydrogen-bond acceptors (Lipinski definition) is 6. The summed E-state index contributed by atoms with van der Waals surface area (Å²) in [6.45, 7) is 5.02. The van der Waals surface area contributed by atoms with Crippen LogP contribution in [0.1, 0.15) is 59.3 Å². The third-order valence-electron chi connectivity index (χ3n) is 3.67. The van der Waals surface area contributed by atoms with E-state index in [4.69, 9.17) is 14.2 Å². The number of carbonyl (C=O) groups is 2. The molecule has 0 bridgehead atoms. The van der Waals surface area contributed by atoms with E-state index in [2.05, 4.69) is 6.92 Å². The molecular weight excluding hydrogens is 328 g/mol. The highest BCUT2D eigenvalue weighted by Gasteiger charge is 2.30. The Bertz CT molecular complexity index is 410. The molecule has 138 valence electrons. The van der Waals surface area contributed by atoms with Gasteiger partial charge in [-0.2, -0.15) is 0 Å². The van der Waals surface area contributed by atoms with Crippen LogP contribution in [0.3, 0.4) is 0 Å². The molecule has 6 heteroatoms. The molecule has 0 radical (unpaired) electrons. The van der Waals surface area contributed by atoms with Gasteiger partial charge in [0.05, 0.1) is 0 Å². The number of esters is 2. The van der Waals surface area contributed by atoms with Crippen molar-refractivity contribution >= 4 is 23.7 Å². The average molecular weight is 359 g/mol. The zero-order chi connectivity index (χ0) is 17.8. The van der Waals surface area contributed by atoms with E-state index in [1.807, 2.05) is 12.2 Å². The van der Waals surface area contributed by atoms with Gasteiger partial charge >= 0.3 is 11.9 Å². The normalized spacial score (nSPS) is 23.0. The highest BCUT2D eigenvalue weighted by molar-refractivity contribution is 7.99. The molecule has 0 saturated carbocycles. The zero-order valence-corrected chi connectivity index (χ0v) is 15.8. The Morgan fingerprint density at radius 2 is 1.75 bits per heavy atom. The van der Waals surface area contributed by atoms with E-state index < -0.39 is 12.2 Å². The second-order valence-corrected chi connectivity index (χ2v) is 7.15. The first-order chi connectivity index (χ1) is 11.5. The SMILES string of the molecule is CCCCCCCCSC1C=C[C@H](OC(C)=O)[C@@H](COC(C)=O)O1. The van der Waals surface area contributed by atoms with Crippen LogP contribution in [0.15, 0.2) is 12.2 Å². The van der Waals surface area contributed by atoms with Crippen LogP contribution in [-0.4, -0.2) is 41.9 Å². The Morgan fingerprint density at radius 1 is 1.04 bits per heavy atom. The molecule has 0 aromatic heterocycles. The van der Waals surface area contributed by atoms with Crippen molar-refractivity contribution in [1.82, 2.24) is 0 Å². The molecule has 0 aliphatic carbocycles. The third kappa shape index (κ3) is 9.33. The minimum atomic E-state index is -0.507. The van der Waals surface area contributed by atoms with Gasteiger partial charge in [0.1, 0.15) is 24.3 Å². The van der Waals surface area contributed by atoms with Crippen LogP contribution in [0.5, 0.6) is 0 Å². The zero-order valence-electron chi connectivity index (χ0n) is 15.0. The van der Waals surface area contributed by atoms with Crippen LogP contribution in [0.2, 0.25) is 0 Å². The van der Waals surface area contributed by atoms with E-state index in [1.165, 1.54) is 52.4 Å². The minimum Gasteiger partial charge on any atom is -0.463 e. The van der Waals surface area contributed by atoms with E-state index in [-0.39, 0.29) is 24.0 Å². The molecule has 1 heterocycles. The Balaban J connectivity index is 2.35. The standard InChI is InChI=1S/C18H30O5S/c1-4-5-6-7-8-9-12-24-18-11-10-16(22-15(3)20)17(23-18)13-21-14(2)19/h10-11,16-18H,4-9,12-13H2,1-3H3/t16-,17+,18?/m0/s1. The third-order valence-corrected chi connectivity index (χ3v) is 4.79. The van der Waals surface area contributed by atoms with Gasteiger partial charge in [0.25, 0.3) is 0 Å². The second-order valence-electron chi connectivity index (χ2n) is 5.94. The summed E-state index contributed by atoms with van der Waals surface area (Å²) in [5.41, 5.74) is -0.0898. The molecule has 1 aliphatic rings. The molecule has 0 N–H and O–H groups in total. The summed E-state index contributed by atoms with van der Waals surface area (Å²) in [4.78, 5) is 22.2. The molecule has 3 atom stereocenters. The monoisotopic (exact) mass is 358 g/mol. The van der Waals surface area contributed by atoms with Gasteiger partial charge in [-0.05, 0) is 24.3 Å². The molecule has 1 rings (SSSR count). The Hall–Kier alpha value is -1.01. The van der Waals surface area contributed by atoms with E-state index in [0.717, 1.165) is 5.75 Å². The van der Waals surface area contributed by atoms with Crippen molar-refractivity contribution in [3.05, 3.63) is 12.2 Å². The summed E-state index contributed by atoms with van der Waals surface area (Å²) in [6, 6.07) is 0. The smallest absolute Gasteiger partial charge is 0.303 e. The van der Waals surface area contributed by atoms with Crippen molar-refractivity contribution in [1.29, 1.82) is 0 Å². The highest BCUT2D eigenvalue weighted by atomic mass is 32.2. The predicted octanol–water partition coefficient (Wildman–Crippen LogP) is 3.86. The predicted molar refractivity (Wildman–Crippen MR) is 95.8 cm³/mol. The maximum atomic E-state index is 11.2. The lowest BCUT2D eigenvalue weighted by Crippen LogP contribution is -2.40. The van der Waals surface area contributed by atoms with Crippen LogP contribution >= 0.6 is 11.8 Å². The van der Waals surface area contributed by atoms with Gasteiger partial charge in [0, 0.05) is 13.8 Å². The fourth-order valence-electron chi connectivity index (χ4n) is 2.44. The Kier molecular flexibility index (Phi) is 10.8. The summed E-state index contributed by atoms with van der Waals surface area (Å²) >= 11 is 1.73. The quantitative estimate of drug-likeness (QED) is 0.317. The van der Waals surface area contributed by atoms with Crippen molar-refractivity contribution in [3.63, 3.8) is 0 Å². The molecule has 0 saturated heterocycles. The van der Waals surface area contributed by atoms with E-state index in [9.17, 15) is 9.59 Å². The van der Waals surface area contributed by atoms with Crippen molar-refractivity contribution < 1.29 is 23.8 Å². The van der Waals surface area contributed by atoms with Crippen molar-refractivity contribution in [3.8, 4) is 0 Å². The number of carbonyl (C=O) groups excluding carboxylic acids is 2. The van der Waals surface area contributed by atoms with Gasteiger partial charge in [-0.15, -0.1) is 11.8 Å². The number of ether oxygens (including phenoxy) is 3. The van der Waals surface area contributed by atoms with Crippen molar-refractivity contribution in [2.75, 3.05) is 12.4 Å². The molecule has 0 aromatic rings. The number of hydrogen-bond donors (Lipinski definition) is 0. The first-order valence-corrected chi connectivity index (χ1v) is 9.83. The Labute approximate surface area is 149 Å². The van der Waals surface area contributed by atoms with Gasteiger partial charge in [-0.1, -0.05) is 39.0 Å². The number of thioether (sulfide) groups is 1. The maximum absolute atomic E-state index is 11.2. The highest BCUT2D eigenvalue weighted by Crippen LogP contribution is 2.25. The van der Waals surface area contributed by atoms with Gasteiger partial charge in [-0.3, -0.25) is 9.59 Å². The van der Waals surface area contributed by atoms with E-state index >= 15 is 0 Å². The van der Waals surface area contributed by atoms with Crippen LogP contribution in [-0.2, 0) is 23.8 Å². The molecule has 24 heavy (non-hydrogen) atoms. The lowest BCUT2D eigenvalue weighted by atomic mass is 10.1. The average Bonchev–Trinajstić information content (AvgIpc) is 2.53. The van der Waals surface area contributed by atoms with Gasteiger partial charge in [0.2, 0.25) is 0 Å². The summed E-state index contributed by atoms with van der Waals surface area (Å²) in [7, 11) is 0. The minimum absolute atomic E-state index is 0.0890. The maximum Gasteiger partial charge on any atom is 0.303 e.